The molecule has 0 radical (unpaired) electrons. The van der Waals surface area contributed by atoms with Crippen molar-refractivity contribution in [3.8, 4) is 5.75 Å². The van der Waals surface area contributed by atoms with Crippen molar-refractivity contribution in [2.24, 2.45) is 11.0 Å². The Morgan fingerprint density at radius 3 is 2.41 bits per heavy atom. The van der Waals surface area contributed by atoms with Crippen LogP contribution in [0.1, 0.15) is 43.9 Å². The summed E-state index contributed by atoms with van der Waals surface area (Å²) in [4.78, 5) is 24.7. The molecule has 2 aromatic carbocycles. The van der Waals surface area contributed by atoms with Gasteiger partial charge in [0.05, 0.1) is 18.9 Å². The van der Waals surface area contributed by atoms with Crippen molar-refractivity contribution in [1.29, 1.82) is 0 Å². The minimum atomic E-state index is -0.374. The molecule has 6 heteroatoms. The number of benzene rings is 2. The SMILES string of the molecule is COc1ccc([C@H]2CC(c3ccccc3)=NN2C(=O)COC(=O)CC(C)C)cc1. The van der Waals surface area contributed by atoms with Gasteiger partial charge in [-0.2, -0.15) is 5.10 Å². The maximum atomic E-state index is 12.8. The summed E-state index contributed by atoms with van der Waals surface area (Å²) in [6.07, 6.45) is 0.871. The fourth-order valence-corrected chi connectivity index (χ4v) is 3.23. The Bertz CT molecular complexity index is 876. The number of hydrogen-bond acceptors (Lipinski definition) is 5. The third-order valence-electron chi connectivity index (χ3n) is 4.71. The van der Waals surface area contributed by atoms with Crippen LogP contribution in [0.15, 0.2) is 59.7 Å². The van der Waals surface area contributed by atoms with E-state index in [1.54, 1.807) is 7.11 Å². The highest BCUT2D eigenvalue weighted by molar-refractivity contribution is 6.03. The van der Waals surface area contributed by atoms with Crippen molar-refractivity contribution >= 4 is 17.6 Å². The lowest BCUT2D eigenvalue weighted by atomic mass is 9.98. The number of hydrazone groups is 1. The van der Waals surface area contributed by atoms with Crippen molar-refractivity contribution < 1.29 is 19.1 Å². The molecule has 29 heavy (non-hydrogen) atoms. The summed E-state index contributed by atoms with van der Waals surface area (Å²) in [5.74, 6) is 0.213. The van der Waals surface area contributed by atoms with Crippen LogP contribution in [-0.4, -0.2) is 36.3 Å². The molecular formula is C23H26N2O4. The van der Waals surface area contributed by atoms with E-state index in [1.165, 1.54) is 5.01 Å². The summed E-state index contributed by atoms with van der Waals surface area (Å²) < 4.78 is 10.4. The number of ether oxygens (including phenoxy) is 2. The number of nitrogens with zero attached hydrogens (tertiary/aromatic N) is 2. The molecule has 0 spiro atoms. The van der Waals surface area contributed by atoms with Gasteiger partial charge in [0.2, 0.25) is 0 Å². The van der Waals surface area contributed by atoms with E-state index in [9.17, 15) is 9.59 Å². The molecule has 0 bridgehead atoms. The first kappa shape index (κ1) is 20.6. The van der Waals surface area contributed by atoms with E-state index in [4.69, 9.17) is 9.47 Å². The van der Waals surface area contributed by atoms with Crippen molar-refractivity contribution in [3.63, 3.8) is 0 Å². The first-order chi connectivity index (χ1) is 14.0. The Morgan fingerprint density at radius 2 is 1.79 bits per heavy atom. The van der Waals surface area contributed by atoms with Gasteiger partial charge in [-0.3, -0.25) is 9.59 Å². The highest BCUT2D eigenvalue weighted by Crippen LogP contribution is 2.33. The zero-order chi connectivity index (χ0) is 20.8. The van der Waals surface area contributed by atoms with E-state index in [2.05, 4.69) is 5.10 Å². The number of rotatable bonds is 7. The normalized spacial score (nSPS) is 15.9. The highest BCUT2D eigenvalue weighted by atomic mass is 16.5. The van der Waals surface area contributed by atoms with Gasteiger partial charge in [-0.1, -0.05) is 56.3 Å². The van der Waals surface area contributed by atoms with Crippen LogP contribution in [0.4, 0.5) is 0 Å². The van der Waals surface area contributed by atoms with Crippen molar-refractivity contribution in [2.45, 2.75) is 32.7 Å². The van der Waals surface area contributed by atoms with Gasteiger partial charge in [-0.05, 0) is 29.2 Å². The zero-order valence-corrected chi connectivity index (χ0v) is 17.0. The third-order valence-corrected chi connectivity index (χ3v) is 4.71. The summed E-state index contributed by atoms with van der Waals surface area (Å²) in [7, 11) is 1.61. The van der Waals surface area contributed by atoms with Crippen LogP contribution in [0.3, 0.4) is 0 Å². The molecule has 1 atom stereocenters. The van der Waals surface area contributed by atoms with E-state index >= 15 is 0 Å². The van der Waals surface area contributed by atoms with Gasteiger partial charge in [0.15, 0.2) is 6.61 Å². The van der Waals surface area contributed by atoms with Crippen LogP contribution >= 0.6 is 0 Å². The zero-order valence-electron chi connectivity index (χ0n) is 17.0. The second-order valence-electron chi connectivity index (χ2n) is 7.40. The number of carbonyl (C=O) groups excluding carboxylic acids is 2. The molecular weight excluding hydrogens is 368 g/mol. The van der Waals surface area contributed by atoms with Crippen LogP contribution in [0.5, 0.6) is 5.75 Å². The molecule has 0 N–H and O–H groups in total. The smallest absolute Gasteiger partial charge is 0.306 e. The Balaban J connectivity index is 1.80. The first-order valence-electron chi connectivity index (χ1n) is 9.72. The summed E-state index contributed by atoms with van der Waals surface area (Å²) in [6, 6.07) is 17.1. The predicted octanol–water partition coefficient (Wildman–Crippen LogP) is 3.96. The lowest BCUT2D eigenvalue weighted by molar-refractivity contribution is -0.153. The summed E-state index contributed by atoms with van der Waals surface area (Å²) in [5.41, 5.74) is 2.74. The van der Waals surface area contributed by atoms with E-state index in [-0.39, 0.29) is 36.9 Å². The average Bonchev–Trinajstić information content (AvgIpc) is 3.18. The maximum Gasteiger partial charge on any atom is 0.306 e. The molecule has 0 aliphatic carbocycles. The van der Waals surface area contributed by atoms with Gasteiger partial charge in [-0.25, -0.2) is 5.01 Å². The quantitative estimate of drug-likeness (QED) is 0.667. The lowest BCUT2D eigenvalue weighted by Crippen LogP contribution is -2.31. The number of methoxy groups -OCH3 is 1. The fraction of sp³-hybridized carbons (Fsp3) is 0.348. The first-order valence-corrected chi connectivity index (χ1v) is 9.72. The maximum absolute atomic E-state index is 12.8. The lowest BCUT2D eigenvalue weighted by Gasteiger charge is -2.22. The molecule has 0 aromatic heterocycles. The number of esters is 1. The van der Waals surface area contributed by atoms with Crippen molar-refractivity contribution in [3.05, 3.63) is 65.7 Å². The molecule has 6 nitrogen and oxygen atoms in total. The van der Waals surface area contributed by atoms with Gasteiger partial charge in [0.25, 0.3) is 5.91 Å². The molecule has 0 saturated heterocycles. The van der Waals surface area contributed by atoms with Crippen LogP contribution in [0.25, 0.3) is 0 Å². The Hall–Kier alpha value is -3.15. The van der Waals surface area contributed by atoms with Crippen LogP contribution in [-0.2, 0) is 14.3 Å². The van der Waals surface area contributed by atoms with E-state index in [0.29, 0.717) is 6.42 Å². The molecule has 0 saturated carbocycles. The Labute approximate surface area is 171 Å². The monoisotopic (exact) mass is 394 g/mol. The summed E-state index contributed by atoms with van der Waals surface area (Å²) in [5, 5.41) is 6.01. The predicted molar refractivity (Wildman–Crippen MR) is 111 cm³/mol. The van der Waals surface area contributed by atoms with Gasteiger partial charge in [-0.15, -0.1) is 0 Å². The standard InChI is InChI=1S/C23H26N2O4/c1-16(2)13-23(27)29-15-22(26)25-21(18-9-11-19(28-3)12-10-18)14-20(24-25)17-7-5-4-6-8-17/h4-12,16,21H,13-15H2,1-3H3/t21-/m1/s1. The molecule has 0 unspecified atom stereocenters. The summed E-state index contributed by atoms with van der Waals surface area (Å²) >= 11 is 0. The minimum Gasteiger partial charge on any atom is -0.497 e. The van der Waals surface area contributed by atoms with E-state index in [0.717, 1.165) is 22.6 Å². The Kier molecular flexibility index (Phi) is 6.65. The highest BCUT2D eigenvalue weighted by Gasteiger charge is 2.33. The van der Waals surface area contributed by atoms with Gasteiger partial charge in [0, 0.05) is 12.8 Å². The fourth-order valence-electron chi connectivity index (χ4n) is 3.23. The average molecular weight is 394 g/mol. The van der Waals surface area contributed by atoms with Gasteiger partial charge >= 0.3 is 5.97 Å². The van der Waals surface area contributed by atoms with Crippen LogP contribution in [0.2, 0.25) is 0 Å². The second kappa shape index (κ2) is 9.37. The van der Waals surface area contributed by atoms with E-state index < -0.39 is 0 Å². The number of hydrogen-bond donors (Lipinski definition) is 0. The topological polar surface area (TPSA) is 68.2 Å². The molecule has 1 aliphatic heterocycles. The van der Waals surface area contributed by atoms with Crippen LogP contribution in [0, 0.1) is 5.92 Å². The molecule has 0 fully saturated rings. The molecule has 1 aliphatic rings. The van der Waals surface area contributed by atoms with Crippen LogP contribution < -0.4 is 4.74 Å². The number of amides is 1. The molecule has 1 heterocycles. The Morgan fingerprint density at radius 1 is 1.10 bits per heavy atom. The third kappa shape index (κ3) is 5.22. The number of carbonyl (C=O) groups is 2. The molecule has 152 valence electrons. The van der Waals surface area contributed by atoms with Crippen molar-refractivity contribution in [2.75, 3.05) is 13.7 Å². The summed E-state index contributed by atoms with van der Waals surface area (Å²) in [6.45, 7) is 3.54. The molecule has 2 aromatic rings. The minimum absolute atomic E-state index is 0.180. The molecule has 3 rings (SSSR count). The molecule has 1 amide bonds. The largest absolute Gasteiger partial charge is 0.497 e. The van der Waals surface area contributed by atoms with Crippen molar-refractivity contribution in [1.82, 2.24) is 5.01 Å². The van der Waals surface area contributed by atoms with Gasteiger partial charge in [0.1, 0.15) is 5.75 Å². The van der Waals surface area contributed by atoms with Gasteiger partial charge < -0.3 is 9.47 Å². The second-order valence-corrected chi connectivity index (χ2v) is 7.40. The van der Waals surface area contributed by atoms with E-state index in [1.807, 2.05) is 68.4 Å².